The number of nitrogens with zero attached hydrogens (tertiary/aromatic N) is 2. The van der Waals surface area contributed by atoms with Crippen molar-refractivity contribution >= 4 is 17.7 Å². The summed E-state index contributed by atoms with van der Waals surface area (Å²) in [5.41, 5.74) is 1.70. The number of benzene rings is 3. The van der Waals surface area contributed by atoms with Crippen LogP contribution in [-0.2, 0) is 16.1 Å². The maximum Gasteiger partial charge on any atom is 0.324 e. The summed E-state index contributed by atoms with van der Waals surface area (Å²) in [5, 5.41) is 7.51. The van der Waals surface area contributed by atoms with E-state index in [4.69, 9.17) is 9.15 Å². The van der Waals surface area contributed by atoms with Crippen LogP contribution in [0.2, 0.25) is 0 Å². The fraction of sp³-hybridized carbons (Fsp3) is 0.0870. The Hall–Kier alpha value is -3.38. The van der Waals surface area contributed by atoms with E-state index in [9.17, 15) is 4.79 Å². The summed E-state index contributed by atoms with van der Waals surface area (Å²) in [7, 11) is 0. The molecule has 1 atom stereocenters. The predicted octanol–water partition coefficient (Wildman–Crippen LogP) is 5.31. The van der Waals surface area contributed by atoms with E-state index in [1.807, 2.05) is 91.0 Å². The molecule has 0 saturated carbocycles. The molecule has 0 bridgehead atoms. The number of ether oxygens (including phenoxy) is 1. The first-order valence-electron chi connectivity index (χ1n) is 9.11. The van der Waals surface area contributed by atoms with E-state index in [2.05, 4.69) is 10.2 Å². The van der Waals surface area contributed by atoms with Crippen molar-refractivity contribution in [1.82, 2.24) is 10.2 Å². The topological polar surface area (TPSA) is 65.2 Å². The van der Waals surface area contributed by atoms with E-state index in [-0.39, 0.29) is 18.5 Å². The fourth-order valence-corrected chi connectivity index (χ4v) is 3.78. The molecule has 4 aromatic rings. The van der Waals surface area contributed by atoms with E-state index in [0.29, 0.717) is 5.89 Å². The summed E-state index contributed by atoms with van der Waals surface area (Å²) in [5.74, 6) is 0.299. The summed E-state index contributed by atoms with van der Waals surface area (Å²) < 4.78 is 11.1. The zero-order valence-electron chi connectivity index (χ0n) is 15.5. The van der Waals surface area contributed by atoms with Crippen LogP contribution in [0.15, 0.2) is 100 Å². The standard InChI is InChI=1S/C23H18N2O3S/c26-23(27-16-20-24-25-22(28-20)18-12-6-2-7-13-18)21(17-10-4-1-5-11-17)29-19-14-8-3-9-15-19/h1-15,21H,16H2/t21-/m0/s1. The zero-order chi connectivity index (χ0) is 19.9. The van der Waals surface area contributed by atoms with Gasteiger partial charge < -0.3 is 9.15 Å². The quantitative estimate of drug-likeness (QED) is 0.308. The molecule has 0 radical (unpaired) electrons. The molecule has 5 nitrogen and oxygen atoms in total. The van der Waals surface area contributed by atoms with Gasteiger partial charge in [-0.3, -0.25) is 4.79 Å². The SMILES string of the molecule is O=C(OCc1nnc(-c2ccccc2)o1)[C@@H](Sc1ccccc1)c1ccccc1. The van der Waals surface area contributed by atoms with Crippen molar-refractivity contribution in [2.45, 2.75) is 16.8 Å². The van der Waals surface area contributed by atoms with E-state index in [0.717, 1.165) is 16.0 Å². The number of rotatable bonds is 7. The Balaban J connectivity index is 1.46. The van der Waals surface area contributed by atoms with Gasteiger partial charge in [-0.1, -0.05) is 66.7 Å². The average Bonchev–Trinajstić information content (AvgIpc) is 3.27. The normalized spacial score (nSPS) is 11.7. The first-order chi connectivity index (χ1) is 14.3. The number of esters is 1. The van der Waals surface area contributed by atoms with Crippen LogP contribution in [0.1, 0.15) is 16.7 Å². The van der Waals surface area contributed by atoms with Crippen LogP contribution in [0.25, 0.3) is 11.5 Å². The monoisotopic (exact) mass is 402 g/mol. The smallest absolute Gasteiger partial charge is 0.324 e. The van der Waals surface area contributed by atoms with Crippen LogP contribution in [0, 0.1) is 0 Å². The van der Waals surface area contributed by atoms with Gasteiger partial charge in [0.2, 0.25) is 5.89 Å². The highest BCUT2D eigenvalue weighted by atomic mass is 32.2. The van der Waals surface area contributed by atoms with Gasteiger partial charge >= 0.3 is 5.97 Å². The molecule has 1 heterocycles. The molecule has 1 aromatic heterocycles. The van der Waals surface area contributed by atoms with Gasteiger partial charge in [-0.2, -0.15) is 0 Å². The first kappa shape index (κ1) is 19.0. The van der Waals surface area contributed by atoms with E-state index in [1.165, 1.54) is 11.8 Å². The molecule has 0 saturated heterocycles. The third-order valence-corrected chi connectivity index (χ3v) is 5.38. The van der Waals surface area contributed by atoms with Crippen LogP contribution < -0.4 is 0 Å². The summed E-state index contributed by atoms with van der Waals surface area (Å²) in [6.45, 7) is -0.0721. The molecule has 0 aliphatic carbocycles. The Morgan fingerprint density at radius 2 is 1.48 bits per heavy atom. The Bertz CT molecular complexity index is 1050. The molecule has 0 unspecified atom stereocenters. The lowest BCUT2D eigenvalue weighted by atomic mass is 10.1. The number of thioether (sulfide) groups is 1. The molecule has 0 fully saturated rings. The molecule has 3 aromatic carbocycles. The Kier molecular flexibility index (Phi) is 6.02. The van der Waals surface area contributed by atoms with Crippen molar-refractivity contribution in [2.75, 3.05) is 0 Å². The molecule has 29 heavy (non-hydrogen) atoms. The molecule has 0 spiro atoms. The van der Waals surface area contributed by atoms with Gasteiger partial charge in [0.05, 0.1) is 0 Å². The van der Waals surface area contributed by atoms with Crippen LogP contribution in [-0.4, -0.2) is 16.2 Å². The predicted molar refractivity (Wildman–Crippen MR) is 111 cm³/mol. The maximum atomic E-state index is 12.9. The molecule has 144 valence electrons. The molecule has 4 rings (SSSR count). The van der Waals surface area contributed by atoms with Crippen LogP contribution in [0.5, 0.6) is 0 Å². The number of carbonyl (C=O) groups excluding carboxylic acids is 1. The van der Waals surface area contributed by atoms with Gasteiger partial charge in [0, 0.05) is 10.5 Å². The molecule has 0 aliphatic heterocycles. The largest absolute Gasteiger partial charge is 0.455 e. The van der Waals surface area contributed by atoms with Crippen LogP contribution >= 0.6 is 11.8 Å². The third-order valence-electron chi connectivity index (χ3n) is 4.14. The van der Waals surface area contributed by atoms with E-state index >= 15 is 0 Å². The van der Waals surface area contributed by atoms with E-state index in [1.54, 1.807) is 0 Å². The Morgan fingerprint density at radius 3 is 2.17 bits per heavy atom. The number of hydrogen-bond donors (Lipinski definition) is 0. The summed E-state index contributed by atoms with van der Waals surface area (Å²) >= 11 is 1.45. The minimum absolute atomic E-state index is 0.0721. The van der Waals surface area contributed by atoms with Gasteiger partial charge in [0.25, 0.3) is 5.89 Å². The molecule has 0 amide bonds. The molecular formula is C23H18N2O3S. The lowest BCUT2D eigenvalue weighted by Gasteiger charge is -2.15. The second-order valence-corrected chi connectivity index (χ2v) is 7.37. The number of aromatic nitrogens is 2. The molecule has 6 heteroatoms. The minimum atomic E-state index is -0.491. The average molecular weight is 402 g/mol. The lowest BCUT2D eigenvalue weighted by Crippen LogP contribution is -2.13. The fourth-order valence-electron chi connectivity index (χ4n) is 2.73. The Morgan fingerprint density at radius 1 is 0.862 bits per heavy atom. The van der Waals surface area contributed by atoms with Gasteiger partial charge in [-0.15, -0.1) is 22.0 Å². The van der Waals surface area contributed by atoms with Gasteiger partial charge in [-0.25, -0.2) is 0 Å². The minimum Gasteiger partial charge on any atom is -0.455 e. The number of carbonyl (C=O) groups is 1. The van der Waals surface area contributed by atoms with Crippen molar-refractivity contribution in [3.05, 3.63) is 102 Å². The molecular weight excluding hydrogens is 384 g/mol. The highest BCUT2D eigenvalue weighted by molar-refractivity contribution is 8.00. The highest BCUT2D eigenvalue weighted by Gasteiger charge is 2.24. The summed E-state index contributed by atoms with van der Waals surface area (Å²) in [6, 6.07) is 28.8. The lowest BCUT2D eigenvalue weighted by molar-refractivity contribution is -0.145. The molecule has 0 N–H and O–H groups in total. The van der Waals surface area contributed by atoms with E-state index < -0.39 is 5.25 Å². The summed E-state index contributed by atoms with van der Waals surface area (Å²) in [4.78, 5) is 13.9. The third kappa shape index (κ3) is 4.92. The zero-order valence-corrected chi connectivity index (χ0v) is 16.3. The van der Waals surface area contributed by atoms with Crippen molar-refractivity contribution < 1.29 is 13.9 Å². The van der Waals surface area contributed by atoms with Gasteiger partial charge in [-0.05, 0) is 29.8 Å². The van der Waals surface area contributed by atoms with Crippen molar-refractivity contribution in [3.63, 3.8) is 0 Å². The van der Waals surface area contributed by atoms with Gasteiger partial charge in [0.1, 0.15) is 5.25 Å². The second kappa shape index (κ2) is 9.21. The van der Waals surface area contributed by atoms with Crippen molar-refractivity contribution in [3.8, 4) is 11.5 Å². The first-order valence-corrected chi connectivity index (χ1v) is 9.98. The van der Waals surface area contributed by atoms with Crippen molar-refractivity contribution in [2.24, 2.45) is 0 Å². The van der Waals surface area contributed by atoms with Gasteiger partial charge in [0.15, 0.2) is 6.61 Å². The van der Waals surface area contributed by atoms with Crippen molar-refractivity contribution in [1.29, 1.82) is 0 Å². The summed E-state index contributed by atoms with van der Waals surface area (Å²) in [6.07, 6.45) is 0. The van der Waals surface area contributed by atoms with Crippen LogP contribution in [0.3, 0.4) is 0 Å². The number of hydrogen-bond acceptors (Lipinski definition) is 6. The second-order valence-electron chi connectivity index (χ2n) is 6.20. The molecule has 0 aliphatic rings. The van der Waals surface area contributed by atoms with Crippen LogP contribution in [0.4, 0.5) is 0 Å². The maximum absolute atomic E-state index is 12.9. The Labute approximate surface area is 172 Å². The highest BCUT2D eigenvalue weighted by Crippen LogP contribution is 2.36.